The lowest BCUT2D eigenvalue weighted by Gasteiger charge is -2.24. The van der Waals surface area contributed by atoms with E-state index in [1.807, 2.05) is 32.8 Å². The predicted octanol–water partition coefficient (Wildman–Crippen LogP) is 3.31. The van der Waals surface area contributed by atoms with Crippen molar-refractivity contribution in [3.05, 3.63) is 33.8 Å². The van der Waals surface area contributed by atoms with Crippen LogP contribution >= 0.6 is 15.9 Å². The molecular formula is C14H20BrNO2. The summed E-state index contributed by atoms with van der Waals surface area (Å²) < 4.78 is 6.09. The summed E-state index contributed by atoms with van der Waals surface area (Å²) in [4.78, 5) is 13.7. The lowest BCUT2D eigenvalue weighted by Crippen LogP contribution is -2.23. The zero-order chi connectivity index (χ0) is 13.7. The lowest BCUT2D eigenvalue weighted by molar-refractivity contribution is -0.144. The van der Waals surface area contributed by atoms with Crippen molar-refractivity contribution in [1.82, 2.24) is 4.90 Å². The molecular weight excluding hydrogens is 294 g/mol. The number of hydrogen-bond acceptors (Lipinski definition) is 3. The highest BCUT2D eigenvalue weighted by Crippen LogP contribution is 2.27. The predicted molar refractivity (Wildman–Crippen MR) is 76.6 cm³/mol. The van der Waals surface area contributed by atoms with E-state index in [0.29, 0.717) is 13.0 Å². The number of aryl methyl sites for hydroxylation is 1. The summed E-state index contributed by atoms with van der Waals surface area (Å²) in [6.45, 7) is 4.30. The minimum Gasteiger partial charge on any atom is -0.466 e. The highest BCUT2D eigenvalue weighted by molar-refractivity contribution is 9.10. The van der Waals surface area contributed by atoms with Crippen LogP contribution in [0.2, 0.25) is 0 Å². The fourth-order valence-corrected chi connectivity index (χ4v) is 2.19. The van der Waals surface area contributed by atoms with E-state index in [0.717, 1.165) is 10.0 Å². The Morgan fingerprint density at radius 1 is 1.44 bits per heavy atom. The third-order valence-electron chi connectivity index (χ3n) is 2.87. The summed E-state index contributed by atoms with van der Waals surface area (Å²) in [7, 11) is 3.94. The van der Waals surface area contributed by atoms with Crippen LogP contribution in [-0.2, 0) is 9.53 Å². The van der Waals surface area contributed by atoms with Crippen molar-refractivity contribution in [1.29, 1.82) is 0 Å². The Labute approximate surface area is 117 Å². The Morgan fingerprint density at radius 3 is 2.61 bits per heavy atom. The van der Waals surface area contributed by atoms with Crippen molar-refractivity contribution >= 4 is 21.9 Å². The summed E-state index contributed by atoms with van der Waals surface area (Å²) in [5, 5.41) is 0. The molecule has 0 aliphatic rings. The third-order valence-corrected chi connectivity index (χ3v) is 3.72. The molecule has 0 fully saturated rings. The van der Waals surface area contributed by atoms with Crippen molar-refractivity contribution in [2.45, 2.75) is 26.3 Å². The molecule has 0 heterocycles. The first-order chi connectivity index (χ1) is 8.45. The Kier molecular flexibility index (Phi) is 5.82. The maximum atomic E-state index is 11.6. The molecule has 1 aromatic carbocycles. The number of ether oxygens (including phenoxy) is 1. The van der Waals surface area contributed by atoms with Gasteiger partial charge in [0.2, 0.25) is 0 Å². The Balaban J connectivity index is 2.90. The van der Waals surface area contributed by atoms with Gasteiger partial charge < -0.3 is 9.64 Å². The standard InChI is InChI=1S/C14H20BrNO2/c1-5-18-14(17)9-13(16(3)4)11-7-6-10(2)12(15)8-11/h6-8,13H,5,9H2,1-4H3. The van der Waals surface area contributed by atoms with Crippen LogP contribution in [0.1, 0.15) is 30.5 Å². The largest absolute Gasteiger partial charge is 0.466 e. The average molecular weight is 314 g/mol. The van der Waals surface area contributed by atoms with Crippen LogP contribution in [0.5, 0.6) is 0 Å². The molecule has 0 radical (unpaired) electrons. The van der Waals surface area contributed by atoms with Crippen LogP contribution < -0.4 is 0 Å². The minimum atomic E-state index is -0.159. The summed E-state index contributed by atoms with van der Waals surface area (Å²) in [6.07, 6.45) is 0.371. The van der Waals surface area contributed by atoms with Gasteiger partial charge in [-0.15, -0.1) is 0 Å². The first kappa shape index (κ1) is 15.2. The molecule has 1 unspecified atom stereocenters. The summed E-state index contributed by atoms with van der Waals surface area (Å²) in [5.41, 5.74) is 2.30. The first-order valence-electron chi connectivity index (χ1n) is 6.03. The molecule has 1 atom stereocenters. The third kappa shape index (κ3) is 4.10. The van der Waals surface area contributed by atoms with Gasteiger partial charge in [-0.25, -0.2) is 0 Å². The number of nitrogens with zero attached hydrogens (tertiary/aromatic N) is 1. The van der Waals surface area contributed by atoms with Crippen molar-refractivity contribution in [2.75, 3.05) is 20.7 Å². The number of esters is 1. The van der Waals surface area contributed by atoms with E-state index < -0.39 is 0 Å². The maximum absolute atomic E-state index is 11.6. The van der Waals surface area contributed by atoms with Gasteiger partial charge in [0.1, 0.15) is 0 Å². The van der Waals surface area contributed by atoms with Crippen LogP contribution in [-0.4, -0.2) is 31.6 Å². The molecule has 0 aliphatic heterocycles. The molecule has 0 aromatic heterocycles. The molecule has 1 aromatic rings. The summed E-state index contributed by atoms with van der Waals surface area (Å²) >= 11 is 3.53. The topological polar surface area (TPSA) is 29.5 Å². The van der Waals surface area contributed by atoms with Gasteiger partial charge in [-0.05, 0) is 45.1 Å². The first-order valence-corrected chi connectivity index (χ1v) is 6.83. The number of carbonyl (C=O) groups excluding carboxylic acids is 1. The van der Waals surface area contributed by atoms with Crippen LogP contribution in [0.4, 0.5) is 0 Å². The van der Waals surface area contributed by atoms with Gasteiger partial charge in [-0.1, -0.05) is 28.1 Å². The highest BCUT2D eigenvalue weighted by atomic mass is 79.9. The second kappa shape index (κ2) is 6.90. The normalized spacial score (nSPS) is 12.6. The molecule has 0 saturated heterocycles. The van der Waals surface area contributed by atoms with Crippen molar-refractivity contribution < 1.29 is 9.53 Å². The van der Waals surface area contributed by atoms with Crippen molar-refractivity contribution in [3.8, 4) is 0 Å². The minimum absolute atomic E-state index is 0.0425. The van der Waals surface area contributed by atoms with E-state index in [9.17, 15) is 4.79 Å². The van der Waals surface area contributed by atoms with E-state index in [2.05, 4.69) is 34.1 Å². The SMILES string of the molecule is CCOC(=O)CC(c1ccc(C)c(Br)c1)N(C)C. The van der Waals surface area contributed by atoms with E-state index >= 15 is 0 Å². The van der Waals surface area contributed by atoms with Gasteiger partial charge in [0.25, 0.3) is 0 Å². The molecule has 0 bridgehead atoms. The second-order valence-electron chi connectivity index (χ2n) is 4.50. The highest BCUT2D eigenvalue weighted by Gasteiger charge is 2.19. The summed E-state index contributed by atoms with van der Waals surface area (Å²) in [6, 6.07) is 6.23. The van der Waals surface area contributed by atoms with E-state index in [1.54, 1.807) is 0 Å². The Morgan fingerprint density at radius 2 is 2.11 bits per heavy atom. The van der Waals surface area contributed by atoms with Crippen LogP contribution in [0.25, 0.3) is 0 Å². The molecule has 0 amide bonds. The number of hydrogen-bond donors (Lipinski definition) is 0. The quantitative estimate of drug-likeness (QED) is 0.781. The molecule has 4 heteroatoms. The summed E-state index contributed by atoms with van der Waals surface area (Å²) in [5.74, 6) is -0.159. The van der Waals surface area contributed by atoms with Crippen LogP contribution in [0.3, 0.4) is 0 Å². The number of carbonyl (C=O) groups is 1. The van der Waals surface area contributed by atoms with Gasteiger partial charge in [0.05, 0.1) is 13.0 Å². The van der Waals surface area contributed by atoms with Gasteiger partial charge in [0, 0.05) is 10.5 Å². The monoisotopic (exact) mass is 313 g/mol. The zero-order valence-electron chi connectivity index (χ0n) is 11.4. The lowest BCUT2D eigenvalue weighted by atomic mass is 10.0. The molecule has 100 valence electrons. The van der Waals surface area contributed by atoms with Crippen molar-refractivity contribution in [3.63, 3.8) is 0 Å². The van der Waals surface area contributed by atoms with Crippen LogP contribution in [0, 0.1) is 6.92 Å². The molecule has 0 saturated carbocycles. The van der Waals surface area contributed by atoms with Gasteiger partial charge >= 0.3 is 5.97 Å². The maximum Gasteiger partial charge on any atom is 0.307 e. The number of benzene rings is 1. The molecule has 18 heavy (non-hydrogen) atoms. The molecule has 1 rings (SSSR count). The van der Waals surface area contributed by atoms with Crippen molar-refractivity contribution in [2.24, 2.45) is 0 Å². The van der Waals surface area contributed by atoms with Gasteiger partial charge in [-0.2, -0.15) is 0 Å². The molecule has 3 nitrogen and oxygen atoms in total. The van der Waals surface area contributed by atoms with Gasteiger partial charge in [0.15, 0.2) is 0 Å². The number of rotatable bonds is 5. The fraction of sp³-hybridized carbons (Fsp3) is 0.500. The Bertz CT molecular complexity index is 418. The molecule has 0 N–H and O–H groups in total. The molecule has 0 spiro atoms. The molecule has 0 aliphatic carbocycles. The number of halogens is 1. The zero-order valence-corrected chi connectivity index (χ0v) is 13.0. The average Bonchev–Trinajstić information content (AvgIpc) is 2.30. The van der Waals surface area contributed by atoms with Gasteiger partial charge in [-0.3, -0.25) is 4.79 Å². The smallest absolute Gasteiger partial charge is 0.307 e. The second-order valence-corrected chi connectivity index (χ2v) is 5.35. The Hall–Kier alpha value is -0.870. The fourth-order valence-electron chi connectivity index (χ4n) is 1.79. The van der Waals surface area contributed by atoms with E-state index in [4.69, 9.17) is 4.74 Å². The van der Waals surface area contributed by atoms with E-state index in [-0.39, 0.29) is 12.0 Å². The van der Waals surface area contributed by atoms with E-state index in [1.165, 1.54) is 5.56 Å². The van der Waals surface area contributed by atoms with Crippen LogP contribution in [0.15, 0.2) is 22.7 Å².